The highest BCUT2D eigenvalue weighted by Crippen LogP contribution is 2.27. The van der Waals surface area contributed by atoms with Crippen LogP contribution in [-0.2, 0) is 10.0 Å². The highest BCUT2D eigenvalue weighted by atomic mass is 32.2. The summed E-state index contributed by atoms with van der Waals surface area (Å²) < 4.78 is 39.4. The minimum absolute atomic E-state index is 0.102. The first-order valence-electron chi connectivity index (χ1n) is 11.0. The fourth-order valence-corrected chi connectivity index (χ4v) is 4.47. The molecule has 0 aromatic heterocycles. The molecule has 8 heteroatoms. The van der Waals surface area contributed by atoms with Gasteiger partial charge in [0, 0.05) is 17.8 Å². The van der Waals surface area contributed by atoms with Crippen molar-refractivity contribution >= 4 is 21.6 Å². The van der Waals surface area contributed by atoms with Crippen molar-refractivity contribution in [1.29, 1.82) is 0 Å². The molecule has 0 heterocycles. The van der Waals surface area contributed by atoms with Gasteiger partial charge in [-0.15, -0.1) is 0 Å². The summed E-state index contributed by atoms with van der Waals surface area (Å²) in [6.07, 6.45) is 1.50. The number of carbonyl (C=O) groups excluding carboxylic acids is 1. The molecule has 1 amide bonds. The van der Waals surface area contributed by atoms with E-state index in [1.54, 1.807) is 18.2 Å². The second-order valence-electron chi connectivity index (χ2n) is 7.96. The Balaban J connectivity index is 1.56. The molecule has 0 saturated heterocycles. The predicted molar refractivity (Wildman–Crippen MR) is 133 cm³/mol. The van der Waals surface area contributed by atoms with Crippen LogP contribution in [0.3, 0.4) is 0 Å². The van der Waals surface area contributed by atoms with E-state index in [4.69, 9.17) is 9.47 Å². The lowest BCUT2D eigenvalue weighted by atomic mass is 10.2. The number of sulfonamides is 1. The maximum Gasteiger partial charge on any atom is 0.265 e. The molecule has 3 rings (SSSR count). The summed E-state index contributed by atoms with van der Waals surface area (Å²) in [5.41, 5.74) is 2.85. The zero-order chi connectivity index (χ0) is 24.6. The predicted octanol–water partition coefficient (Wildman–Crippen LogP) is 4.70. The van der Waals surface area contributed by atoms with Gasteiger partial charge >= 0.3 is 0 Å². The van der Waals surface area contributed by atoms with Crippen LogP contribution in [0.2, 0.25) is 0 Å². The number of benzene rings is 3. The van der Waals surface area contributed by atoms with Gasteiger partial charge in [0.05, 0.1) is 13.7 Å². The van der Waals surface area contributed by atoms with Crippen LogP contribution in [0, 0.1) is 13.8 Å². The normalized spacial score (nSPS) is 11.0. The van der Waals surface area contributed by atoms with Gasteiger partial charge in [-0.1, -0.05) is 35.4 Å². The van der Waals surface area contributed by atoms with Gasteiger partial charge in [0.25, 0.3) is 15.9 Å². The largest absolute Gasteiger partial charge is 0.495 e. The second kappa shape index (κ2) is 11.6. The first-order chi connectivity index (χ1) is 16.3. The molecular weight excluding hydrogens is 452 g/mol. The molecule has 0 aliphatic carbocycles. The number of carbonyl (C=O) groups is 1. The van der Waals surface area contributed by atoms with Crippen LogP contribution in [0.15, 0.2) is 71.6 Å². The van der Waals surface area contributed by atoms with Gasteiger partial charge in [-0.2, -0.15) is 0 Å². The summed E-state index contributed by atoms with van der Waals surface area (Å²) in [7, 11) is -2.57. The van der Waals surface area contributed by atoms with Crippen LogP contribution in [-0.4, -0.2) is 34.6 Å². The number of aryl methyl sites for hydroxylation is 2. The molecule has 2 N–H and O–H groups in total. The van der Waals surface area contributed by atoms with Gasteiger partial charge in [0.2, 0.25) is 0 Å². The average Bonchev–Trinajstić information content (AvgIpc) is 2.83. The number of rotatable bonds is 11. The zero-order valence-electron chi connectivity index (χ0n) is 19.6. The number of hydrogen-bond donors (Lipinski definition) is 2. The Bertz CT molecular complexity index is 1210. The van der Waals surface area contributed by atoms with Crippen molar-refractivity contribution in [3.05, 3.63) is 83.4 Å². The van der Waals surface area contributed by atoms with Gasteiger partial charge in [-0.05, 0) is 69.2 Å². The van der Waals surface area contributed by atoms with Crippen molar-refractivity contribution in [2.45, 2.75) is 31.6 Å². The maximum absolute atomic E-state index is 13.0. The summed E-state index contributed by atoms with van der Waals surface area (Å²) >= 11 is 0. The molecule has 0 atom stereocenters. The van der Waals surface area contributed by atoms with Crippen molar-refractivity contribution in [3.63, 3.8) is 0 Å². The molecule has 0 radical (unpaired) electrons. The average molecular weight is 483 g/mol. The third kappa shape index (κ3) is 6.99. The molecule has 7 nitrogen and oxygen atoms in total. The van der Waals surface area contributed by atoms with Gasteiger partial charge < -0.3 is 14.8 Å². The van der Waals surface area contributed by atoms with Crippen molar-refractivity contribution in [3.8, 4) is 11.5 Å². The van der Waals surface area contributed by atoms with E-state index in [2.05, 4.69) is 10.0 Å². The highest BCUT2D eigenvalue weighted by Gasteiger charge is 2.22. The van der Waals surface area contributed by atoms with Crippen molar-refractivity contribution in [2.75, 3.05) is 25.0 Å². The Morgan fingerprint density at radius 3 is 2.18 bits per heavy atom. The lowest BCUT2D eigenvalue weighted by Gasteiger charge is -2.13. The summed E-state index contributed by atoms with van der Waals surface area (Å²) in [5, 5.41) is 2.83. The molecule has 0 unspecified atom stereocenters. The number of methoxy groups -OCH3 is 1. The molecule has 0 fully saturated rings. The molecule has 0 saturated carbocycles. The van der Waals surface area contributed by atoms with Crippen LogP contribution < -0.4 is 19.5 Å². The maximum atomic E-state index is 13.0. The van der Waals surface area contributed by atoms with E-state index >= 15 is 0 Å². The Morgan fingerprint density at radius 1 is 0.882 bits per heavy atom. The van der Waals surface area contributed by atoms with Crippen LogP contribution in [0.25, 0.3) is 0 Å². The number of nitrogens with one attached hydrogen (secondary N) is 2. The Kier molecular flexibility index (Phi) is 8.54. The fraction of sp³-hybridized carbons (Fsp3) is 0.269. The zero-order valence-corrected chi connectivity index (χ0v) is 20.4. The molecule has 0 spiro atoms. The topological polar surface area (TPSA) is 93.7 Å². The SMILES string of the molecule is COc1ccc(C(=O)NCCCCOc2ccc(C)cc2)cc1S(=O)(=O)Nc1ccc(C)cc1. The van der Waals surface area contributed by atoms with Crippen molar-refractivity contribution < 1.29 is 22.7 Å². The number of hydrogen-bond acceptors (Lipinski definition) is 5. The van der Waals surface area contributed by atoms with E-state index in [0.717, 1.165) is 24.2 Å². The van der Waals surface area contributed by atoms with Crippen LogP contribution in [0.1, 0.15) is 34.3 Å². The second-order valence-corrected chi connectivity index (χ2v) is 9.61. The molecule has 0 aliphatic heterocycles. The Hall–Kier alpha value is -3.52. The first kappa shape index (κ1) is 25.1. The molecule has 180 valence electrons. The van der Waals surface area contributed by atoms with Crippen LogP contribution in [0.5, 0.6) is 11.5 Å². The summed E-state index contributed by atoms with van der Waals surface area (Å²) in [4.78, 5) is 12.5. The highest BCUT2D eigenvalue weighted by molar-refractivity contribution is 7.92. The number of ether oxygens (including phenoxy) is 2. The third-order valence-corrected chi connectivity index (χ3v) is 6.57. The lowest BCUT2D eigenvalue weighted by Crippen LogP contribution is -2.25. The van der Waals surface area contributed by atoms with E-state index in [9.17, 15) is 13.2 Å². The van der Waals surface area contributed by atoms with Crippen molar-refractivity contribution in [1.82, 2.24) is 5.32 Å². The van der Waals surface area contributed by atoms with E-state index in [1.165, 1.54) is 24.8 Å². The number of unbranched alkanes of at least 4 members (excludes halogenated alkanes) is 1. The standard InChI is InChI=1S/C26H30N2O5S/c1-19-6-11-22(12-7-19)28-34(30,31)25-18-21(10-15-24(25)32-3)26(29)27-16-4-5-17-33-23-13-8-20(2)9-14-23/h6-15,18,28H,4-5,16-17H2,1-3H3,(H,27,29). The molecule has 34 heavy (non-hydrogen) atoms. The summed E-state index contributed by atoms with van der Waals surface area (Å²) in [5.74, 6) is 0.624. The quantitative estimate of drug-likeness (QED) is 0.386. The Labute approximate surface area is 201 Å². The van der Waals surface area contributed by atoms with Crippen LogP contribution >= 0.6 is 0 Å². The molecule has 0 aliphatic rings. The number of amides is 1. The van der Waals surface area contributed by atoms with E-state index < -0.39 is 10.0 Å². The van der Waals surface area contributed by atoms with Gasteiger partial charge in [-0.3, -0.25) is 9.52 Å². The molecular formula is C26H30N2O5S. The van der Waals surface area contributed by atoms with Gasteiger partial charge in [0.15, 0.2) is 0 Å². The Morgan fingerprint density at radius 2 is 1.53 bits per heavy atom. The van der Waals surface area contributed by atoms with Crippen molar-refractivity contribution in [2.24, 2.45) is 0 Å². The monoisotopic (exact) mass is 482 g/mol. The number of anilines is 1. The molecule has 3 aromatic rings. The summed E-state index contributed by atoms with van der Waals surface area (Å²) in [6.45, 7) is 4.94. The minimum atomic E-state index is -3.96. The minimum Gasteiger partial charge on any atom is -0.495 e. The van der Waals surface area contributed by atoms with Gasteiger partial charge in [0.1, 0.15) is 16.4 Å². The summed E-state index contributed by atoms with van der Waals surface area (Å²) in [6, 6.07) is 19.2. The lowest BCUT2D eigenvalue weighted by molar-refractivity contribution is 0.0952. The smallest absolute Gasteiger partial charge is 0.265 e. The van der Waals surface area contributed by atoms with E-state index in [-0.39, 0.29) is 22.1 Å². The van der Waals surface area contributed by atoms with Crippen LogP contribution in [0.4, 0.5) is 5.69 Å². The first-order valence-corrected chi connectivity index (χ1v) is 12.5. The van der Waals surface area contributed by atoms with E-state index in [1.807, 2.05) is 50.2 Å². The van der Waals surface area contributed by atoms with E-state index in [0.29, 0.717) is 18.8 Å². The third-order valence-electron chi connectivity index (χ3n) is 5.17. The molecule has 0 bridgehead atoms. The fourth-order valence-electron chi connectivity index (χ4n) is 3.22. The van der Waals surface area contributed by atoms with Gasteiger partial charge in [-0.25, -0.2) is 8.42 Å². The molecule has 3 aromatic carbocycles.